The molecular formula is C22H32N4O8S2. The molecule has 4 atom stereocenters. The number of amides is 4. The van der Waals surface area contributed by atoms with Crippen molar-refractivity contribution >= 4 is 57.2 Å². The third-order valence-corrected chi connectivity index (χ3v) is 7.74. The summed E-state index contributed by atoms with van der Waals surface area (Å²) in [7, 11) is 2.82. The van der Waals surface area contributed by atoms with E-state index in [4.69, 9.17) is 9.84 Å². The molecule has 0 unspecified atom stereocenters. The minimum Gasteiger partial charge on any atom is -0.481 e. The standard InChI is InChI=1S/C22H32N4O8S2/c1-12(2)19-22(33)23-10-18(30)34-13-5-3-4-8-35-36-11-15(21(32)26-19)25-20(31)14(6-7-17(28)29)24-16(27)9-13/h3,5,12-15,19H,4,6-11H2,1-2H3,(H,23,33)(H,24,27)(H,25,31)(H,26,32)(H,28,29)/b5-3-/t13-,14-,15-,19+/m1/s1. The molecule has 14 heteroatoms. The topological polar surface area (TPSA) is 180 Å². The maximum Gasteiger partial charge on any atom is 0.326 e. The molecule has 2 bridgehead atoms. The Kier molecular flexibility index (Phi) is 12.1. The van der Waals surface area contributed by atoms with Gasteiger partial charge < -0.3 is 31.1 Å². The number of rotatable bonds is 4. The first-order valence-electron chi connectivity index (χ1n) is 11.6. The van der Waals surface area contributed by atoms with Gasteiger partial charge >= 0.3 is 11.9 Å². The molecule has 36 heavy (non-hydrogen) atoms. The molecule has 2 heterocycles. The SMILES string of the molecule is CC(C)[C@@H]1NC(=O)[C@H]2CSSCC/C=C\[C@H](CC(=O)N[C@H](CCC(=O)O)C(=O)N2)OC(=O)CNC1=O. The van der Waals surface area contributed by atoms with Gasteiger partial charge in [0.15, 0.2) is 0 Å². The number of carboxylic acid groups (broad SMARTS) is 1. The highest BCUT2D eigenvalue weighted by Crippen LogP contribution is 2.23. The normalized spacial score (nSPS) is 28.1. The van der Waals surface area contributed by atoms with Crippen LogP contribution in [0.4, 0.5) is 0 Å². The summed E-state index contributed by atoms with van der Waals surface area (Å²) in [6.07, 6.45) is 2.06. The number of esters is 1. The fourth-order valence-corrected chi connectivity index (χ4v) is 5.54. The second-order valence-corrected chi connectivity index (χ2v) is 11.2. The molecule has 0 aromatic carbocycles. The molecule has 200 valence electrons. The number of hydrogen-bond acceptors (Lipinski definition) is 9. The zero-order valence-corrected chi connectivity index (χ0v) is 21.7. The minimum absolute atomic E-state index is 0.169. The zero-order chi connectivity index (χ0) is 26.7. The molecule has 0 aromatic rings. The van der Waals surface area contributed by atoms with Crippen LogP contribution in [0.3, 0.4) is 0 Å². The molecule has 0 aliphatic carbocycles. The summed E-state index contributed by atoms with van der Waals surface area (Å²) in [6, 6.07) is -3.27. The highest BCUT2D eigenvalue weighted by Gasteiger charge is 2.32. The van der Waals surface area contributed by atoms with Gasteiger partial charge in [0.2, 0.25) is 23.6 Å². The number of allylic oxidation sites excluding steroid dienone is 1. The highest BCUT2D eigenvalue weighted by atomic mass is 33.1. The van der Waals surface area contributed by atoms with E-state index in [1.165, 1.54) is 21.6 Å². The van der Waals surface area contributed by atoms with Gasteiger partial charge in [-0.15, -0.1) is 0 Å². The molecule has 2 rings (SSSR count). The Morgan fingerprint density at radius 1 is 1.08 bits per heavy atom. The number of fused-ring (bicyclic) bond motifs is 7. The van der Waals surface area contributed by atoms with Crippen molar-refractivity contribution in [3.8, 4) is 0 Å². The third kappa shape index (κ3) is 10.1. The monoisotopic (exact) mass is 544 g/mol. The molecule has 0 spiro atoms. The quantitative estimate of drug-likeness (QED) is 0.180. The summed E-state index contributed by atoms with van der Waals surface area (Å²) in [6.45, 7) is 2.98. The first kappa shape index (κ1) is 29.5. The summed E-state index contributed by atoms with van der Waals surface area (Å²) >= 11 is 0. The van der Waals surface area contributed by atoms with E-state index in [-0.39, 0.29) is 24.5 Å². The molecule has 1 saturated heterocycles. The van der Waals surface area contributed by atoms with Crippen molar-refractivity contribution in [1.29, 1.82) is 0 Å². The van der Waals surface area contributed by atoms with E-state index < -0.39 is 72.8 Å². The van der Waals surface area contributed by atoms with Crippen LogP contribution in [0.25, 0.3) is 0 Å². The van der Waals surface area contributed by atoms with Gasteiger partial charge in [-0.05, 0) is 24.8 Å². The van der Waals surface area contributed by atoms with Gasteiger partial charge in [0.25, 0.3) is 0 Å². The van der Waals surface area contributed by atoms with E-state index in [0.717, 1.165) is 0 Å². The average Bonchev–Trinajstić information content (AvgIpc) is 2.80. The van der Waals surface area contributed by atoms with Crippen molar-refractivity contribution in [2.75, 3.05) is 18.1 Å². The third-order valence-electron chi connectivity index (χ3n) is 5.29. The lowest BCUT2D eigenvalue weighted by molar-refractivity contribution is -0.149. The predicted octanol–water partition coefficient (Wildman–Crippen LogP) is -0.265. The Morgan fingerprint density at radius 3 is 2.53 bits per heavy atom. The van der Waals surface area contributed by atoms with Crippen molar-refractivity contribution < 1.29 is 38.6 Å². The largest absolute Gasteiger partial charge is 0.481 e. The number of aliphatic carboxylic acids is 1. The van der Waals surface area contributed by atoms with E-state index in [2.05, 4.69) is 21.3 Å². The summed E-state index contributed by atoms with van der Waals surface area (Å²) in [5.74, 6) is -4.02. The summed E-state index contributed by atoms with van der Waals surface area (Å²) in [5.41, 5.74) is 0. The number of ether oxygens (including phenoxy) is 1. The Hall–Kier alpha value is -2.74. The fourth-order valence-electron chi connectivity index (χ4n) is 3.38. The lowest BCUT2D eigenvalue weighted by atomic mass is 10.0. The lowest BCUT2D eigenvalue weighted by Gasteiger charge is -2.27. The minimum atomic E-state index is -1.23. The molecule has 2 aliphatic rings. The van der Waals surface area contributed by atoms with Crippen LogP contribution in [0.15, 0.2) is 12.2 Å². The molecule has 5 N–H and O–H groups in total. The summed E-state index contributed by atoms with van der Waals surface area (Å²) < 4.78 is 5.37. The summed E-state index contributed by atoms with van der Waals surface area (Å²) in [4.78, 5) is 75.1. The van der Waals surface area contributed by atoms with Gasteiger partial charge in [0.05, 0.1) is 6.42 Å². The molecule has 4 amide bonds. The van der Waals surface area contributed by atoms with Crippen molar-refractivity contribution in [3.63, 3.8) is 0 Å². The first-order valence-corrected chi connectivity index (χ1v) is 14.1. The van der Waals surface area contributed by atoms with Crippen LogP contribution in [0.2, 0.25) is 0 Å². The Labute approximate surface area is 216 Å². The number of carbonyl (C=O) groups is 6. The number of carbonyl (C=O) groups excluding carboxylic acids is 5. The summed E-state index contributed by atoms with van der Waals surface area (Å²) in [5, 5.41) is 19.3. The Morgan fingerprint density at radius 2 is 1.83 bits per heavy atom. The van der Waals surface area contributed by atoms with Gasteiger partial charge in [0.1, 0.15) is 30.8 Å². The fraction of sp³-hybridized carbons (Fsp3) is 0.636. The number of carboxylic acids is 1. The molecule has 12 nitrogen and oxygen atoms in total. The van der Waals surface area contributed by atoms with Crippen molar-refractivity contribution in [2.45, 2.75) is 63.8 Å². The molecular weight excluding hydrogens is 512 g/mol. The second kappa shape index (κ2) is 14.7. The molecule has 0 saturated carbocycles. The van der Waals surface area contributed by atoms with E-state index in [9.17, 15) is 28.8 Å². The predicted molar refractivity (Wildman–Crippen MR) is 134 cm³/mol. The van der Waals surface area contributed by atoms with E-state index in [1.807, 2.05) is 0 Å². The van der Waals surface area contributed by atoms with Gasteiger partial charge in [-0.2, -0.15) is 0 Å². The van der Waals surface area contributed by atoms with Crippen LogP contribution in [0.5, 0.6) is 0 Å². The van der Waals surface area contributed by atoms with Crippen molar-refractivity contribution in [1.82, 2.24) is 21.3 Å². The van der Waals surface area contributed by atoms with Crippen LogP contribution < -0.4 is 21.3 Å². The second-order valence-electron chi connectivity index (χ2n) is 8.62. The smallest absolute Gasteiger partial charge is 0.326 e. The lowest BCUT2D eigenvalue weighted by Crippen LogP contribution is -2.59. The Bertz CT molecular complexity index is 882. The van der Waals surface area contributed by atoms with Crippen LogP contribution in [0.1, 0.15) is 39.5 Å². The van der Waals surface area contributed by atoms with Gasteiger partial charge in [-0.25, -0.2) is 0 Å². The highest BCUT2D eigenvalue weighted by molar-refractivity contribution is 8.76. The molecule has 0 radical (unpaired) electrons. The van der Waals surface area contributed by atoms with E-state index in [1.54, 1.807) is 26.0 Å². The van der Waals surface area contributed by atoms with Crippen LogP contribution in [-0.4, -0.2) is 83.0 Å². The van der Waals surface area contributed by atoms with Crippen LogP contribution in [-0.2, 0) is 33.5 Å². The Balaban J connectivity index is 2.45. The maximum atomic E-state index is 13.1. The zero-order valence-electron chi connectivity index (χ0n) is 20.1. The van der Waals surface area contributed by atoms with E-state index in [0.29, 0.717) is 12.2 Å². The van der Waals surface area contributed by atoms with Gasteiger partial charge in [-0.3, -0.25) is 28.8 Å². The van der Waals surface area contributed by atoms with Gasteiger partial charge in [-0.1, -0.05) is 41.5 Å². The first-order chi connectivity index (χ1) is 17.1. The number of nitrogens with one attached hydrogen (secondary N) is 4. The van der Waals surface area contributed by atoms with Gasteiger partial charge in [0, 0.05) is 17.9 Å². The van der Waals surface area contributed by atoms with Crippen molar-refractivity contribution in [3.05, 3.63) is 12.2 Å². The molecule has 1 fully saturated rings. The van der Waals surface area contributed by atoms with Crippen LogP contribution in [0, 0.1) is 5.92 Å². The van der Waals surface area contributed by atoms with E-state index >= 15 is 0 Å². The van der Waals surface area contributed by atoms with Crippen LogP contribution >= 0.6 is 21.6 Å². The molecule has 2 aliphatic heterocycles. The molecule has 0 aromatic heterocycles. The average molecular weight is 545 g/mol. The number of hydrogen-bond donors (Lipinski definition) is 5. The van der Waals surface area contributed by atoms with Crippen molar-refractivity contribution in [2.24, 2.45) is 5.92 Å². The maximum absolute atomic E-state index is 13.1.